The monoisotopic (exact) mass is 312 g/mol. The minimum absolute atomic E-state index is 0.0143. The van der Waals surface area contributed by atoms with Gasteiger partial charge >= 0.3 is 0 Å². The highest BCUT2D eigenvalue weighted by atomic mass is 32.2. The fourth-order valence-electron chi connectivity index (χ4n) is 2.84. The van der Waals surface area contributed by atoms with Crippen molar-refractivity contribution < 1.29 is 4.79 Å². The number of carbonyl (C=O) groups excluding carboxylic acids is 1. The zero-order chi connectivity index (χ0) is 15.4. The molecule has 0 fully saturated rings. The summed E-state index contributed by atoms with van der Waals surface area (Å²) < 4.78 is 0. The van der Waals surface area contributed by atoms with Crippen LogP contribution in [0.5, 0.6) is 0 Å². The highest BCUT2D eigenvalue weighted by Gasteiger charge is 2.25. The van der Waals surface area contributed by atoms with Gasteiger partial charge in [-0.1, -0.05) is 48.5 Å². The van der Waals surface area contributed by atoms with Gasteiger partial charge in [-0.15, -0.1) is 11.8 Å². The average molecular weight is 312 g/mol. The number of hydrogen-bond donors (Lipinski definition) is 2. The summed E-state index contributed by atoms with van der Waals surface area (Å²) in [6, 6.07) is 18.1. The number of fused-ring (bicyclic) bond motifs is 1. The number of nitrogens with one attached hydrogen (secondary N) is 1. The molecule has 4 heteroatoms. The first-order valence-electron chi connectivity index (χ1n) is 7.56. The fourth-order valence-corrected chi connectivity index (χ4v) is 3.97. The summed E-state index contributed by atoms with van der Waals surface area (Å²) >= 11 is 1.85. The van der Waals surface area contributed by atoms with Crippen LogP contribution < -0.4 is 11.1 Å². The summed E-state index contributed by atoms with van der Waals surface area (Å²) in [6.07, 6.45) is 0.958. The lowest BCUT2D eigenvalue weighted by Crippen LogP contribution is -2.37. The van der Waals surface area contributed by atoms with Gasteiger partial charge < -0.3 is 11.1 Å². The maximum absolute atomic E-state index is 12.7. The molecular weight excluding hydrogens is 292 g/mol. The molecule has 3 N–H and O–H groups in total. The molecule has 0 aromatic heterocycles. The van der Waals surface area contributed by atoms with E-state index in [1.165, 1.54) is 10.5 Å². The summed E-state index contributed by atoms with van der Waals surface area (Å²) in [6.45, 7) is 0.318. The van der Waals surface area contributed by atoms with Gasteiger partial charge in [0.05, 0.1) is 12.0 Å². The second kappa shape index (κ2) is 6.99. The summed E-state index contributed by atoms with van der Waals surface area (Å²) in [7, 11) is 0. The summed E-state index contributed by atoms with van der Waals surface area (Å²) in [5.74, 6) is 0.754. The van der Waals surface area contributed by atoms with Crippen LogP contribution in [0, 0.1) is 0 Å². The Balaban J connectivity index is 1.77. The molecule has 2 unspecified atom stereocenters. The Morgan fingerprint density at radius 3 is 2.68 bits per heavy atom. The number of amides is 1. The van der Waals surface area contributed by atoms with Crippen molar-refractivity contribution in [1.29, 1.82) is 0 Å². The molecule has 0 spiro atoms. The first kappa shape index (κ1) is 15.1. The Hall–Kier alpha value is -1.78. The van der Waals surface area contributed by atoms with Crippen LogP contribution in [0.25, 0.3) is 0 Å². The molecule has 1 amide bonds. The van der Waals surface area contributed by atoms with Crippen LogP contribution in [0.3, 0.4) is 0 Å². The molecule has 1 aliphatic heterocycles. The number of benzene rings is 2. The normalized spacial score (nSPS) is 18.3. The lowest BCUT2D eigenvalue weighted by atomic mass is 9.96. The van der Waals surface area contributed by atoms with E-state index in [-0.39, 0.29) is 17.9 Å². The van der Waals surface area contributed by atoms with Gasteiger partial charge in [-0.2, -0.15) is 0 Å². The second-order valence-electron chi connectivity index (χ2n) is 5.44. The number of hydrogen-bond acceptors (Lipinski definition) is 3. The molecule has 0 bridgehead atoms. The average Bonchev–Trinajstić information content (AvgIpc) is 2.57. The first-order chi connectivity index (χ1) is 10.8. The quantitative estimate of drug-likeness (QED) is 0.912. The molecule has 0 saturated heterocycles. The maximum Gasteiger partial charge on any atom is 0.229 e. The van der Waals surface area contributed by atoms with Gasteiger partial charge in [0.15, 0.2) is 0 Å². The number of thioether (sulfide) groups is 1. The molecule has 0 aliphatic carbocycles. The van der Waals surface area contributed by atoms with Gasteiger partial charge in [0.1, 0.15) is 0 Å². The van der Waals surface area contributed by atoms with Crippen molar-refractivity contribution in [3.8, 4) is 0 Å². The number of rotatable bonds is 4. The van der Waals surface area contributed by atoms with Crippen LogP contribution in [0.4, 0.5) is 0 Å². The van der Waals surface area contributed by atoms with Crippen molar-refractivity contribution in [3.05, 3.63) is 65.7 Å². The highest BCUT2D eigenvalue weighted by molar-refractivity contribution is 7.99. The van der Waals surface area contributed by atoms with E-state index >= 15 is 0 Å². The zero-order valence-corrected chi connectivity index (χ0v) is 13.2. The minimum Gasteiger partial charge on any atom is -0.349 e. The predicted molar refractivity (Wildman–Crippen MR) is 90.9 cm³/mol. The van der Waals surface area contributed by atoms with Crippen LogP contribution in [-0.2, 0) is 4.79 Å². The number of nitrogens with two attached hydrogens (primary N) is 1. The molecule has 2 aromatic carbocycles. The molecule has 2 atom stereocenters. The summed E-state index contributed by atoms with van der Waals surface area (Å²) in [5.41, 5.74) is 8.03. The third-order valence-corrected chi connectivity index (χ3v) is 5.15. The van der Waals surface area contributed by atoms with E-state index in [1.807, 2.05) is 54.2 Å². The van der Waals surface area contributed by atoms with E-state index in [9.17, 15) is 4.79 Å². The third-order valence-electron chi connectivity index (χ3n) is 4.03. The van der Waals surface area contributed by atoms with E-state index in [1.54, 1.807) is 0 Å². The van der Waals surface area contributed by atoms with Crippen molar-refractivity contribution in [2.45, 2.75) is 23.3 Å². The van der Waals surface area contributed by atoms with Crippen LogP contribution in [-0.4, -0.2) is 18.2 Å². The van der Waals surface area contributed by atoms with E-state index in [4.69, 9.17) is 5.73 Å². The maximum atomic E-state index is 12.7. The van der Waals surface area contributed by atoms with Crippen LogP contribution in [0.1, 0.15) is 29.5 Å². The van der Waals surface area contributed by atoms with Crippen LogP contribution in [0.2, 0.25) is 0 Å². The lowest BCUT2D eigenvalue weighted by molar-refractivity contribution is -0.123. The van der Waals surface area contributed by atoms with E-state index in [0.29, 0.717) is 6.54 Å². The molecule has 2 aromatic rings. The van der Waals surface area contributed by atoms with Gasteiger partial charge in [0, 0.05) is 17.2 Å². The SMILES string of the molecule is NCC(C(=O)NC1CCSc2ccccc21)c1ccccc1. The fraction of sp³-hybridized carbons (Fsp3) is 0.278. The van der Waals surface area contributed by atoms with Crippen molar-refractivity contribution in [2.24, 2.45) is 5.73 Å². The van der Waals surface area contributed by atoms with Gasteiger partial charge in [0.25, 0.3) is 0 Å². The van der Waals surface area contributed by atoms with Crippen molar-refractivity contribution in [1.82, 2.24) is 5.32 Å². The van der Waals surface area contributed by atoms with Crippen molar-refractivity contribution >= 4 is 17.7 Å². The molecule has 22 heavy (non-hydrogen) atoms. The lowest BCUT2D eigenvalue weighted by Gasteiger charge is -2.27. The van der Waals surface area contributed by atoms with Gasteiger partial charge in [-0.3, -0.25) is 4.79 Å². The van der Waals surface area contributed by atoms with Crippen molar-refractivity contribution in [2.75, 3.05) is 12.3 Å². The Labute approximate surface area is 135 Å². The van der Waals surface area contributed by atoms with E-state index < -0.39 is 0 Å². The van der Waals surface area contributed by atoms with Crippen LogP contribution >= 0.6 is 11.8 Å². The molecule has 0 saturated carbocycles. The van der Waals surface area contributed by atoms with E-state index in [0.717, 1.165) is 17.7 Å². The third kappa shape index (κ3) is 3.18. The molecule has 0 radical (unpaired) electrons. The molecule has 114 valence electrons. The minimum atomic E-state index is -0.289. The predicted octanol–water partition coefficient (Wildman–Crippen LogP) is 3.08. The Morgan fingerprint density at radius 1 is 1.18 bits per heavy atom. The van der Waals surface area contributed by atoms with Gasteiger partial charge in [-0.25, -0.2) is 0 Å². The van der Waals surface area contributed by atoms with Gasteiger partial charge in [-0.05, 0) is 23.6 Å². The Bertz CT molecular complexity index is 645. The molecular formula is C18H20N2OS. The molecule has 1 aliphatic rings. The molecule has 1 heterocycles. The second-order valence-corrected chi connectivity index (χ2v) is 6.57. The van der Waals surface area contributed by atoms with Gasteiger partial charge in [0.2, 0.25) is 5.91 Å². The topological polar surface area (TPSA) is 55.1 Å². The molecule has 3 rings (SSSR count). The summed E-state index contributed by atoms with van der Waals surface area (Å²) in [5, 5.41) is 3.19. The Kier molecular flexibility index (Phi) is 4.80. The van der Waals surface area contributed by atoms with E-state index in [2.05, 4.69) is 17.4 Å². The largest absolute Gasteiger partial charge is 0.349 e. The summed E-state index contributed by atoms with van der Waals surface area (Å²) in [4.78, 5) is 13.9. The molecule has 3 nitrogen and oxygen atoms in total. The van der Waals surface area contributed by atoms with Crippen molar-refractivity contribution in [3.63, 3.8) is 0 Å². The smallest absolute Gasteiger partial charge is 0.229 e. The standard InChI is InChI=1S/C18H20N2OS/c19-12-15(13-6-2-1-3-7-13)18(21)20-16-10-11-22-17-9-5-4-8-14(16)17/h1-9,15-16H,10-12,19H2,(H,20,21). The number of carbonyl (C=O) groups is 1. The zero-order valence-electron chi connectivity index (χ0n) is 12.4. The van der Waals surface area contributed by atoms with Crippen LogP contribution in [0.15, 0.2) is 59.5 Å². The first-order valence-corrected chi connectivity index (χ1v) is 8.55. The Morgan fingerprint density at radius 2 is 1.91 bits per heavy atom. The highest BCUT2D eigenvalue weighted by Crippen LogP contribution is 2.36.